The van der Waals surface area contributed by atoms with Gasteiger partial charge in [-0.05, 0) is 47.7 Å². The van der Waals surface area contributed by atoms with Gasteiger partial charge in [0, 0.05) is 44.0 Å². The molecule has 4 rings (SSSR count). The zero-order valence-electron chi connectivity index (χ0n) is 18.7. The fraction of sp³-hybridized carbons (Fsp3) is 0.261. The van der Waals surface area contributed by atoms with Crippen molar-refractivity contribution in [3.63, 3.8) is 0 Å². The van der Waals surface area contributed by atoms with Crippen molar-refractivity contribution < 1.29 is 29.2 Å². The van der Waals surface area contributed by atoms with Crippen molar-refractivity contribution in [3.05, 3.63) is 63.0 Å². The van der Waals surface area contributed by atoms with Crippen molar-refractivity contribution in [2.75, 3.05) is 44.7 Å². The second-order valence-corrected chi connectivity index (χ2v) is 8.83. The number of benzene rings is 2. The van der Waals surface area contributed by atoms with Gasteiger partial charge in [-0.2, -0.15) is 0 Å². The number of nitrogens with zero attached hydrogens (tertiary/aromatic N) is 4. The molecular formula is C23H22N4O7S. The van der Waals surface area contributed by atoms with E-state index in [9.17, 15) is 29.6 Å². The van der Waals surface area contributed by atoms with Crippen molar-refractivity contribution in [2.45, 2.75) is 0 Å². The Bertz CT molecular complexity index is 1210. The lowest BCUT2D eigenvalue weighted by atomic mass is 10.2. The Labute approximate surface area is 204 Å². The van der Waals surface area contributed by atoms with Crippen molar-refractivity contribution in [3.8, 4) is 11.5 Å². The molecule has 0 bridgehead atoms. The SMILES string of the molecule is COc1cc(C=C2SC(=O)N(CC(=O)N3CCN(c4ccc([N+](=O)[O-])cc4)CC3)C2=O)ccc1O. The number of hydrogen-bond acceptors (Lipinski definition) is 9. The molecule has 0 spiro atoms. The summed E-state index contributed by atoms with van der Waals surface area (Å²) >= 11 is 0.752. The molecule has 2 aromatic carbocycles. The summed E-state index contributed by atoms with van der Waals surface area (Å²) in [7, 11) is 1.41. The maximum atomic E-state index is 12.8. The Morgan fingerprint density at radius 2 is 1.83 bits per heavy atom. The number of hydrogen-bond donors (Lipinski definition) is 1. The van der Waals surface area contributed by atoms with Gasteiger partial charge in [-0.15, -0.1) is 0 Å². The van der Waals surface area contributed by atoms with E-state index in [0.29, 0.717) is 31.7 Å². The monoisotopic (exact) mass is 498 g/mol. The summed E-state index contributed by atoms with van der Waals surface area (Å²) in [5.74, 6) is -0.689. The molecule has 2 aromatic rings. The summed E-state index contributed by atoms with van der Waals surface area (Å²) in [6.45, 7) is 1.49. The fourth-order valence-electron chi connectivity index (χ4n) is 3.81. The van der Waals surface area contributed by atoms with Gasteiger partial charge in [0.05, 0.1) is 16.9 Å². The molecule has 11 nitrogen and oxygen atoms in total. The summed E-state index contributed by atoms with van der Waals surface area (Å²) in [4.78, 5) is 53.1. The van der Waals surface area contributed by atoms with Crippen LogP contribution in [0.1, 0.15) is 5.56 Å². The zero-order chi connectivity index (χ0) is 25.1. The van der Waals surface area contributed by atoms with Crippen LogP contribution in [0.25, 0.3) is 6.08 Å². The molecule has 2 heterocycles. The highest BCUT2D eigenvalue weighted by Crippen LogP contribution is 2.34. The van der Waals surface area contributed by atoms with Gasteiger partial charge < -0.3 is 19.6 Å². The van der Waals surface area contributed by atoms with E-state index in [1.165, 1.54) is 31.4 Å². The number of aromatic hydroxyl groups is 1. The maximum absolute atomic E-state index is 12.8. The maximum Gasteiger partial charge on any atom is 0.294 e. The molecule has 12 heteroatoms. The molecule has 0 saturated carbocycles. The normalized spacial score (nSPS) is 17.3. The minimum atomic E-state index is -0.551. The van der Waals surface area contributed by atoms with Crippen LogP contribution in [0.4, 0.5) is 16.2 Å². The number of nitro benzene ring substituents is 1. The number of phenolic OH excluding ortho intramolecular Hbond substituents is 1. The van der Waals surface area contributed by atoms with E-state index in [4.69, 9.17) is 4.74 Å². The Balaban J connectivity index is 1.35. The molecule has 2 saturated heterocycles. The summed E-state index contributed by atoms with van der Waals surface area (Å²) in [5.41, 5.74) is 1.40. The molecule has 0 atom stereocenters. The highest BCUT2D eigenvalue weighted by Gasteiger charge is 2.37. The molecule has 0 aromatic heterocycles. The summed E-state index contributed by atoms with van der Waals surface area (Å²) in [6, 6.07) is 10.8. The lowest BCUT2D eigenvalue weighted by molar-refractivity contribution is -0.384. The first kappa shape index (κ1) is 24.1. The number of piperazine rings is 1. The molecular weight excluding hydrogens is 476 g/mol. The highest BCUT2D eigenvalue weighted by molar-refractivity contribution is 8.18. The molecule has 35 heavy (non-hydrogen) atoms. The number of rotatable bonds is 6. The number of carbonyl (C=O) groups excluding carboxylic acids is 3. The first-order chi connectivity index (χ1) is 16.8. The molecule has 182 valence electrons. The third kappa shape index (κ3) is 5.22. The van der Waals surface area contributed by atoms with Gasteiger partial charge >= 0.3 is 0 Å². The number of non-ortho nitro benzene ring substituents is 1. The van der Waals surface area contributed by atoms with Crippen molar-refractivity contribution >= 4 is 46.3 Å². The molecule has 2 aliphatic heterocycles. The number of anilines is 1. The third-order valence-corrected chi connectivity index (χ3v) is 6.63. The average Bonchev–Trinajstić information content (AvgIpc) is 3.12. The van der Waals surface area contributed by atoms with Crippen LogP contribution in [-0.2, 0) is 9.59 Å². The van der Waals surface area contributed by atoms with Gasteiger partial charge in [-0.3, -0.25) is 29.4 Å². The molecule has 0 unspecified atom stereocenters. The lowest BCUT2D eigenvalue weighted by Crippen LogP contribution is -2.51. The number of phenols is 1. The Morgan fingerprint density at radius 1 is 1.14 bits per heavy atom. The van der Waals surface area contributed by atoms with Crippen LogP contribution in [0.15, 0.2) is 47.4 Å². The van der Waals surface area contributed by atoms with E-state index in [1.807, 2.05) is 4.90 Å². The van der Waals surface area contributed by atoms with Crippen LogP contribution in [0.3, 0.4) is 0 Å². The Kier molecular flexibility index (Phi) is 6.92. The van der Waals surface area contributed by atoms with E-state index in [1.54, 1.807) is 29.2 Å². The van der Waals surface area contributed by atoms with Crippen molar-refractivity contribution in [1.82, 2.24) is 9.80 Å². The number of methoxy groups -OCH3 is 1. The molecule has 3 amide bonds. The lowest BCUT2D eigenvalue weighted by Gasteiger charge is -2.36. The summed E-state index contributed by atoms with van der Waals surface area (Å²) in [6.07, 6.45) is 1.51. The van der Waals surface area contributed by atoms with Crippen LogP contribution >= 0.6 is 11.8 Å². The number of thioether (sulfide) groups is 1. The molecule has 2 fully saturated rings. The van der Waals surface area contributed by atoms with E-state index >= 15 is 0 Å². The number of amides is 3. The molecule has 0 radical (unpaired) electrons. The van der Waals surface area contributed by atoms with Gasteiger partial charge in [-0.1, -0.05) is 6.07 Å². The first-order valence-corrected chi connectivity index (χ1v) is 11.5. The predicted octanol–water partition coefficient (Wildman–Crippen LogP) is 2.69. The Hall–Kier alpha value is -4.06. The highest BCUT2D eigenvalue weighted by atomic mass is 32.2. The van der Waals surface area contributed by atoms with E-state index in [2.05, 4.69) is 0 Å². The molecule has 2 aliphatic rings. The van der Waals surface area contributed by atoms with Gasteiger partial charge in [0.1, 0.15) is 6.54 Å². The van der Waals surface area contributed by atoms with Crippen LogP contribution < -0.4 is 9.64 Å². The van der Waals surface area contributed by atoms with E-state index in [0.717, 1.165) is 22.3 Å². The van der Waals surface area contributed by atoms with Crippen molar-refractivity contribution in [2.24, 2.45) is 0 Å². The van der Waals surface area contributed by atoms with Gasteiger partial charge in [0.25, 0.3) is 16.8 Å². The van der Waals surface area contributed by atoms with Crippen LogP contribution in [-0.4, -0.2) is 76.7 Å². The predicted molar refractivity (Wildman–Crippen MR) is 129 cm³/mol. The van der Waals surface area contributed by atoms with Gasteiger partial charge in [0.2, 0.25) is 5.91 Å². The van der Waals surface area contributed by atoms with Gasteiger partial charge in [-0.25, -0.2) is 0 Å². The quantitative estimate of drug-likeness (QED) is 0.362. The third-order valence-electron chi connectivity index (χ3n) is 5.73. The topological polar surface area (TPSA) is 134 Å². The second kappa shape index (κ2) is 10.1. The summed E-state index contributed by atoms with van der Waals surface area (Å²) in [5, 5.41) is 20.0. The second-order valence-electron chi connectivity index (χ2n) is 7.84. The number of carbonyl (C=O) groups is 3. The van der Waals surface area contributed by atoms with E-state index < -0.39 is 16.1 Å². The smallest absolute Gasteiger partial charge is 0.294 e. The zero-order valence-corrected chi connectivity index (χ0v) is 19.6. The molecule has 1 N–H and O–H groups in total. The average molecular weight is 499 g/mol. The minimum Gasteiger partial charge on any atom is -0.504 e. The number of imide groups is 1. The van der Waals surface area contributed by atoms with Crippen LogP contribution in [0.5, 0.6) is 11.5 Å². The Morgan fingerprint density at radius 3 is 2.46 bits per heavy atom. The number of nitro groups is 1. The first-order valence-electron chi connectivity index (χ1n) is 10.7. The van der Waals surface area contributed by atoms with Crippen LogP contribution in [0, 0.1) is 10.1 Å². The van der Waals surface area contributed by atoms with Crippen molar-refractivity contribution in [1.29, 1.82) is 0 Å². The number of ether oxygens (including phenoxy) is 1. The molecule has 0 aliphatic carbocycles. The van der Waals surface area contributed by atoms with Crippen LogP contribution in [0.2, 0.25) is 0 Å². The van der Waals surface area contributed by atoms with Gasteiger partial charge in [0.15, 0.2) is 11.5 Å². The summed E-state index contributed by atoms with van der Waals surface area (Å²) < 4.78 is 5.06. The largest absolute Gasteiger partial charge is 0.504 e. The fourth-order valence-corrected chi connectivity index (χ4v) is 4.64. The standard InChI is InChI=1S/C23H22N4O7S/c1-34-19-12-15(2-7-18(19)28)13-20-22(30)26(23(31)35-20)14-21(29)25-10-8-24(9-11-25)16-3-5-17(6-4-16)27(32)33/h2-7,12-13,28H,8-11,14H2,1H3. The minimum absolute atomic E-state index is 0.0124. The van der Waals surface area contributed by atoms with E-state index in [-0.39, 0.29) is 34.5 Å².